The quantitative estimate of drug-likeness (QED) is 0.287. The third-order valence-corrected chi connectivity index (χ3v) is 5.59. The molecule has 0 N–H and O–H groups in total. The zero-order valence-electron chi connectivity index (χ0n) is 17.8. The van der Waals surface area contributed by atoms with Crippen molar-refractivity contribution in [2.24, 2.45) is 0 Å². The lowest BCUT2D eigenvalue weighted by Gasteiger charge is -2.10. The molecule has 0 saturated carbocycles. The highest BCUT2D eigenvalue weighted by Gasteiger charge is 2.05. The lowest BCUT2D eigenvalue weighted by atomic mass is 10.0. The Morgan fingerprint density at radius 1 is 0.679 bits per heavy atom. The summed E-state index contributed by atoms with van der Waals surface area (Å²) in [5.41, 5.74) is 3.79. The summed E-state index contributed by atoms with van der Waals surface area (Å²) >= 11 is 6.45. The maximum Gasteiger partial charge on any atom is 0.137 e. The first kappa shape index (κ1) is 22.8. The van der Waals surface area contributed by atoms with Gasteiger partial charge in [-0.3, -0.25) is 0 Å². The van der Waals surface area contributed by atoms with Crippen molar-refractivity contribution >= 4 is 11.6 Å². The van der Waals surface area contributed by atoms with Crippen LogP contribution in [0.3, 0.4) is 0 Å². The molecule has 0 aliphatic rings. The van der Waals surface area contributed by atoms with Gasteiger partial charge in [-0.15, -0.1) is 0 Å². The van der Waals surface area contributed by atoms with Gasteiger partial charge < -0.3 is 4.74 Å². The second kappa shape index (κ2) is 13.7. The average molecular weight is 401 g/mol. The first-order valence-corrected chi connectivity index (χ1v) is 11.6. The molecule has 0 bridgehead atoms. The fourth-order valence-electron chi connectivity index (χ4n) is 3.48. The SMILES string of the molecule is CCCCCCCCc1ccc(-c2ccc(OCCCCCC)c(Cl)c2)cc1. The number of hydrogen-bond acceptors (Lipinski definition) is 1. The van der Waals surface area contributed by atoms with E-state index in [0.29, 0.717) is 5.02 Å². The van der Waals surface area contributed by atoms with Crippen LogP contribution in [0, 0.1) is 0 Å². The molecule has 154 valence electrons. The zero-order valence-corrected chi connectivity index (χ0v) is 18.6. The third kappa shape index (κ3) is 8.27. The van der Waals surface area contributed by atoms with Crippen LogP contribution in [0.2, 0.25) is 5.02 Å². The van der Waals surface area contributed by atoms with Gasteiger partial charge in [0.1, 0.15) is 5.75 Å². The monoisotopic (exact) mass is 400 g/mol. The van der Waals surface area contributed by atoms with Gasteiger partial charge in [0.2, 0.25) is 0 Å². The minimum atomic E-state index is 0.698. The van der Waals surface area contributed by atoms with Crippen molar-refractivity contribution in [2.45, 2.75) is 84.5 Å². The standard InChI is InChI=1S/C26H37ClO/c1-3-5-7-9-10-11-13-22-14-16-23(17-15-22)24-18-19-26(25(27)21-24)28-20-12-8-6-4-2/h14-19,21H,3-13,20H2,1-2H3. The van der Waals surface area contributed by atoms with Crippen LogP contribution in [0.15, 0.2) is 42.5 Å². The number of rotatable bonds is 14. The predicted molar refractivity (Wildman–Crippen MR) is 124 cm³/mol. The molecule has 0 fully saturated rings. The van der Waals surface area contributed by atoms with Crippen molar-refractivity contribution in [1.29, 1.82) is 0 Å². The number of ether oxygens (including phenoxy) is 1. The van der Waals surface area contributed by atoms with Gasteiger partial charge in [0, 0.05) is 0 Å². The fraction of sp³-hybridized carbons (Fsp3) is 0.538. The number of hydrogen-bond donors (Lipinski definition) is 0. The maximum absolute atomic E-state index is 6.45. The molecule has 2 rings (SSSR count). The zero-order chi connectivity index (χ0) is 20.0. The van der Waals surface area contributed by atoms with Gasteiger partial charge in [-0.05, 0) is 48.1 Å². The summed E-state index contributed by atoms with van der Waals surface area (Å²) < 4.78 is 5.84. The number of halogens is 1. The number of aryl methyl sites for hydroxylation is 1. The van der Waals surface area contributed by atoms with E-state index in [1.165, 1.54) is 75.3 Å². The Kier molecular flexibility index (Phi) is 11.1. The van der Waals surface area contributed by atoms with E-state index in [0.717, 1.165) is 24.3 Å². The van der Waals surface area contributed by atoms with Crippen molar-refractivity contribution in [2.75, 3.05) is 6.61 Å². The second-order valence-electron chi connectivity index (χ2n) is 7.77. The molecule has 2 aromatic rings. The van der Waals surface area contributed by atoms with E-state index >= 15 is 0 Å². The molecule has 0 aliphatic heterocycles. The van der Waals surface area contributed by atoms with Crippen LogP contribution in [0.1, 0.15) is 83.6 Å². The minimum absolute atomic E-state index is 0.698. The lowest BCUT2D eigenvalue weighted by Crippen LogP contribution is -1.97. The molecule has 0 atom stereocenters. The van der Waals surface area contributed by atoms with Crippen LogP contribution in [0.25, 0.3) is 11.1 Å². The minimum Gasteiger partial charge on any atom is -0.492 e. The Bertz CT molecular complexity index is 663. The summed E-state index contributed by atoms with van der Waals surface area (Å²) in [7, 11) is 0. The molecule has 2 heteroatoms. The second-order valence-corrected chi connectivity index (χ2v) is 8.18. The van der Waals surface area contributed by atoms with Crippen molar-refractivity contribution in [1.82, 2.24) is 0 Å². The molecule has 0 aliphatic carbocycles. The highest BCUT2D eigenvalue weighted by Crippen LogP contribution is 2.31. The Labute approximate surface area is 177 Å². The number of unbranched alkanes of at least 4 members (excludes halogenated alkanes) is 8. The van der Waals surface area contributed by atoms with E-state index in [4.69, 9.17) is 16.3 Å². The van der Waals surface area contributed by atoms with Gasteiger partial charge in [-0.2, -0.15) is 0 Å². The van der Waals surface area contributed by atoms with Gasteiger partial charge >= 0.3 is 0 Å². The summed E-state index contributed by atoms with van der Waals surface area (Å²) in [6, 6.07) is 15.1. The molecule has 28 heavy (non-hydrogen) atoms. The molecule has 0 spiro atoms. The van der Waals surface area contributed by atoms with E-state index < -0.39 is 0 Å². The Morgan fingerprint density at radius 3 is 1.96 bits per heavy atom. The van der Waals surface area contributed by atoms with Gasteiger partial charge in [0.25, 0.3) is 0 Å². The van der Waals surface area contributed by atoms with E-state index in [1.54, 1.807) is 0 Å². The molecule has 0 saturated heterocycles. The number of benzene rings is 2. The van der Waals surface area contributed by atoms with Crippen molar-refractivity contribution in [3.63, 3.8) is 0 Å². The van der Waals surface area contributed by atoms with Crippen LogP contribution in [0.5, 0.6) is 5.75 Å². The van der Waals surface area contributed by atoms with Crippen LogP contribution >= 0.6 is 11.6 Å². The first-order valence-electron chi connectivity index (χ1n) is 11.3. The van der Waals surface area contributed by atoms with E-state index in [1.807, 2.05) is 12.1 Å². The Hall–Kier alpha value is -1.47. The molecule has 1 nitrogen and oxygen atoms in total. The summed E-state index contributed by atoms with van der Waals surface area (Å²) in [5.74, 6) is 0.793. The van der Waals surface area contributed by atoms with Crippen LogP contribution in [-0.4, -0.2) is 6.61 Å². The van der Waals surface area contributed by atoms with Gasteiger partial charge in [-0.1, -0.05) is 107 Å². The predicted octanol–water partition coefficient (Wildman–Crippen LogP) is 8.87. The molecule has 0 radical (unpaired) electrons. The van der Waals surface area contributed by atoms with Crippen LogP contribution in [-0.2, 0) is 6.42 Å². The Balaban J connectivity index is 1.81. The summed E-state index contributed by atoms with van der Waals surface area (Å²) in [6.45, 7) is 5.23. The smallest absolute Gasteiger partial charge is 0.137 e. The fourth-order valence-corrected chi connectivity index (χ4v) is 3.72. The normalized spacial score (nSPS) is 11.0. The van der Waals surface area contributed by atoms with Gasteiger partial charge in [-0.25, -0.2) is 0 Å². The van der Waals surface area contributed by atoms with Crippen molar-refractivity contribution in [3.8, 4) is 16.9 Å². The van der Waals surface area contributed by atoms with E-state index in [-0.39, 0.29) is 0 Å². The first-order chi connectivity index (χ1) is 13.7. The topological polar surface area (TPSA) is 9.23 Å². The third-order valence-electron chi connectivity index (χ3n) is 5.29. The molecule has 0 amide bonds. The van der Waals surface area contributed by atoms with E-state index in [2.05, 4.69) is 44.2 Å². The highest BCUT2D eigenvalue weighted by molar-refractivity contribution is 6.32. The van der Waals surface area contributed by atoms with Crippen molar-refractivity contribution < 1.29 is 4.74 Å². The molecular weight excluding hydrogens is 364 g/mol. The van der Waals surface area contributed by atoms with Gasteiger partial charge in [0.15, 0.2) is 0 Å². The molecule has 2 aromatic carbocycles. The molecule has 0 unspecified atom stereocenters. The van der Waals surface area contributed by atoms with Crippen LogP contribution < -0.4 is 4.74 Å². The maximum atomic E-state index is 6.45. The summed E-state index contributed by atoms with van der Waals surface area (Å²) in [4.78, 5) is 0. The molecule has 0 aromatic heterocycles. The average Bonchev–Trinajstić information content (AvgIpc) is 2.72. The summed E-state index contributed by atoms with van der Waals surface area (Å²) in [5, 5.41) is 0.698. The highest BCUT2D eigenvalue weighted by atomic mass is 35.5. The molecular formula is C26H37ClO. The van der Waals surface area contributed by atoms with E-state index in [9.17, 15) is 0 Å². The van der Waals surface area contributed by atoms with Gasteiger partial charge in [0.05, 0.1) is 11.6 Å². The lowest BCUT2D eigenvalue weighted by molar-refractivity contribution is 0.305. The largest absolute Gasteiger partial charge is 0.492 e. The van der Waals surface area contributed by atoms with Crippen LogP contribution in [0.4, 0.5) is 0 Å². The summed E-state index contributed by atoms with van der Waals surface area (Å²) in [6.07, 6.45) is 14.1. The Morgan fingerprint density at radius 2 is 1.29 bits per heavy atom. The van der Waals surface area contributed by atoms with Crippen molar-refractivity contribution in [3.05, 3.63) is 53.1 Å². The molecule has 0 heterocycles.